The fourth-order valence-corrected chi connectivity index (χ4v) is 3.00. The highest BCUT2D eigenvalue weighted by molar-refractivity contribution is 5.96. The number of rotatable bonds is 4. The zero-order chi connectivity index (χ0) is 17.8. The minimum absolute atomic E-state index is 0.152. The number of ether oxygens (including phenoxy) is 2. The molecule has 0 saturated carbocycles. The topological polar surface area (TPSA) is 47.6 Å². The Morgan fingerprint density at radius 1 is 1.00 bits per heavy atom. The Balaban J connectivity index is 1.36. The van der Waals surface area contributed by atoms with E-state index < -0.39 is 0 Å². The van der Waals surface area contributed by atoms with E-state index in [-0.39, 0.29) is 12.0 Å². The van der Waals surface area contributed by atoms with Crippen molar-refractivity contribution in [3.63, 3.8) is 0 Å². The van der Waals surface area contributed by atoms with Crippen LogP contribution in [0.4, 0.5) is 0 Å². The van der Waals surface area contributed by atoms with Crippen molar-refractivity contribution in [2.24, 2.45) is 0 Å². The third kappa shape index (κ3) is 3.54. The van der Waals surface area contributed by atoms with Gasteiger partial charge in [0.25, 0.3) is 0 Å². The van der Waals surface area contributed by atoms with Gasteiger partial charge in [-0.1, -0.05) is 54.6 Å². The lowest BCUT2D eigenvalue weighted by atomic mass is 10.0. The second-order valence-electron chi connectivity index (χ2n) is 6.14. The van der Waals surface area contributed by atoms with Crippen LogP contribution in [0.2, 0.25) is 0 Å². The molecule has 1 N–H and O–H groups in total. The van der Waals surface area contributed by atoms with E-state index in [1.54, 1.807) is 6.08 Å². The molecular weight excluding hydrogens is 326 g/mol. The molecule has 0 aromatic heterocycles. The van der Waals surface area contributed by atoms with Crippen molar-refractivity contribution in [2.75, 3.05) is 13.2 Å². The lowest BCUT2D eigenvalue weighted by Crippen LogP contribution is -2.40. The number of nitrogens with one attached hydrogen (secondary N) is 1. The van der Waals surface area contributed by atoms with E-state index in [0.717, 1.165) is 22.1 Å². The van der Waals surface area contributed by atoms with Crippen LogP contribution in [0.5, 0.6) is 11.5 Å². The van der Waals surface area contributed by atoms with E-state index in [1.807, 2.05) is 54.6 Å². The summed E-state index contributed by atoms with van der Waals surface area (Å²) in [4.78, 5) is 12.1. The van der Waals surface area contributed by atoms with Crippen LogP contribution in [0.1, 0.15) is 5.56 Å². The number of fused-ring (bicyclic) bond motifs is 2. The normalized spacial score (nSPS) is 15.9. The Morgan fingerprint density at radius 3 is 2.69 bits per heavy atom. The van der Waals surface area contributed by atoms with Gasteiger partial charge in [-0.15, -0.1) is 0 Å². The number of benzene rings is 3. The number of hydrogen-bond donors (Lipinski definition) is 1. The van der Waals surface area contributed by atoms with Crippen LogP contribution in [0.15, 0.2) is 72.8 Å². The first-order valence-corrected chi connectivity index (χ1v) is 8.62. The highest BCUT2D eigenvalue weighted by Gasteiger charge is 2.20. The van der Waals surface area contributed by atoms with E-state index in [2.05, 4.69) is 23.5 Å². The molecule has 4 rings (SSSR count). The molecule has 3 aromatic carbocycles. The van der Waals surface area contributed by atoms with Gasteiger partial charge in [0.2, 0.25) is 5.91 Å². The molecule has 3 aromatic rings. The summed E-state index contributed by atoms with van der Waals surface area (Å²) in [6.07, 6.45) is 3.20. The van der Waals surface area contributed by atoms with Crippen molar-refractivity contribution in [3.8, 4) is 11.5 Å². The van der Waals surface area contributed by atoms with Crippen molar-refractivity contribution in [1.82, 2.24) is 5.32 Å². The lowest BCUT2D eigenvalue weighted by Gasteiger charge is -2.26. The average Bonchev–Trinajstić information content (AvgIpc) is 2.70. The molecular formula is C22H19NO3. The Hall–Kier alpha value is -3.27. The molecule has 1 aliphatic heterocycles. The van der Waals surface area contributed by atoms with E-state index in [9.17, 15) is 4.79 Å². The molecule has 26 heavy (non-hydrogen) atoms. The predicted octanol–water partition coefficient (Wildman–Crippen LogP) is 3.81. The summed E-state index contributed by atoms with van der Waals surface area (Å²) in [7, 11) is 0. The van der Waals surface area contributed by atoms with Crippen LogP contribution in [0.3, 0.4) is 0 Å². The number of amides is 1. The fourth-order valence-electron chi connectivity index (χ4n) is 3.00. The molecule has 0 spiro atoms. The third-order valence-electron chi connectivity index (χ3n) is 4.31. The molecule has 4 heteroatoms. The second-order valence-corrected chi connectivity index (χ2v) is 6.14. The molecule has 130 valence electrons. The first kappa shape index (κ1) is 16.2. The van der Waals surface area contributed by atoms with Crippen LogP contribution in [-0.2, 0) is 4.79 Å². The Labute approximate surface area is 152 Å². The number of carbonyl (C=O) groups is 1. The minimum Gasteiger partial charge on any atom is -0.486 e. The largest absolute Gasteiger partial charge is 0.486 e. The first-order chi connectivity index (χ1) is 12.8. The van der Waals surface area contributed by atoms with E-state index >= 15 is 0 Å². The van der Waals surface area contributed by atoms with Gasteiger partial charge in [0.05, 0.1) is 6.54 Å². The maximum Gasteiger partial charge on any atom is 0.244 e. The van der Waals surface area contributed by atoms with Crippen LogP contribution in [-0.4, -0.2) is 25.2 Å². The first-order valence-electron chi connectivity index (χ1n) is 8.62. The van der Waals surface area contributed by atoms with Gasteiger partial charge >= 0.3 is 0 Å². The zero-order valence-electron chi connectivity index (χ0n) is 14.2. The van der Waals surface area contributed by atoms with Crippen molar-refractivity contribution >= 4 is 22.8 Å². The summed E-state index contributed by atoms with van der Waals surface area (Å²) in [6, 6.07) is 21.7. The highest BCUT2D eigenvalue weighted by Crippen LogP contribution is 2.30. The number of carbonyl (C=O) groups excluding carboxylic acids is 1. The quantitative estimate of drug-likeness (QED) is 0.732. The van der Waals surface area contributed by atoms with Gasteiger partial charge in [-0.25, -0.2) is 0 Å². The monoisotopic (exact) mass is 345 g/mol. The molecule has 0 saturated heterocycles. The summed E-state index contributed by atoms with van der Waals surface area (Å²) < 4.78 is 11.5. The van der Waals surface area contributed by atoms with E-state index in [1.165, 1.54) is 0 Å². The Kier molecular flexibility index (Phi) is 4.56. The molecule has 1 amide bonds. The highest BCUT2D eigenvalue weighted by atomic mass is 16.6. The molecule has 0 radical (unpaired) electrons. The molecule has 0 aliphatic carbocycles. The summed E-state index contributed by atoms with van der Waals surface area (Å²) in [5, 5.41) is 5.15. The van der Waals surface area contributed by atoms with Crippen LogP contribution in [0, 0.1) is 0 Å². The predicted molar refractivity (Wildman–Crippen MR) is 102 cm³/mol. The summed E-state index contributed by atoms with van der Waals surface area (Å²) in [6.45, 7) is 0.817. The van der Waals surface area contributed by atoms with Crippen LogP contribution >= 0.6 is 0 Å². The maximum atomic E-state index is 12.1. The average molecular weight is 345 g/mol. The van der Waals surface area contributed by atoms with Crippen molar-refractivity contribution < 1.29 is 14.3 Å². The Bertz CT molecular complexity index is 959. The maximum absolute atomic E-state index is 12.1. The van der Waals surface area contributed by atoms with Crippen LogP contribution in [0.25, 0.3) is 16.8 Å². The molecule has 1 atom stereocenters. The number of hydrogen-bond acceptors (Lipinski definition) is 3. The molecule has 0 fully saturated rings. The van der Waals surface area contributed by atoms with E-state index in [4.69, 9.17) is 9.47 Å². The molecule has 1 aliphatic rings. The standard InChI is InChI=1S/C22H19NO3/c24-22(13-12-17-8-5-7-16-6-1-2-9-19(16)17)23-14-18-15-25-20-10-3-4-11-21(20)26-18/h1-13,18H,14-15H2,(H,23,24)/b13-12-/t18-/m1/s1. The van der Waals surface area contributed by atoms with Gasteiger partial charge in [-0.05, 0) is 34.5 Å². The van der Waals surface area contributed by atoms with Gasteiger partial charge in [0.1, 0.15) is 12.7 Å². The molecule has 0 bridgehead atoms. The van der Waals surface area contributed by atoms with Gasteiger partial charge in [0.15, 0.2) is 11.5 Å². The van der Waals surface area contributed by atoms with Gasteiger partial charge in [-0.3, -0.25) is 4.79 Å². The molecule has 4 nitrogen and oxygen atoms in total. The zero-order valence-corrected chi connectivity index (χ0v) is 14.2. The van der Waals surface area contributed by atoms with Gasteiger partial charge in [-0.2, -0.15) is 0 Å². The van der Waals surface area contributed by atoms with E-state index in [0.29, 0.717) is 18.9 Å². The molecule has 0 unspecified atom stereocenters. The lowest BCUT2D eigenvalue weighted by molar-refractivity contribution is -0.116. The van der Waals surface area contributed by atoms with Gasteiger partial charge < -0.3 is 14.8 Å². The fraction of sp³-hybridized carbons (Fsp3) is 0.136. The van der Waals surface area contributed by atoms with Crippen molar-refractivity contribution in [1.29, 1.82) is 0 Å². The SMILES string of the molecule is O=C(/C=C\c1cccc2ccccc12)NC[C@@H]1COc2ccccc2O1. The smallest absolute Gasteiger partial charge is 0.244 e. The third-order valence-corrected chi connectivity index (χ3v) is 4.31. The summed E-state index contributed by atoms with van der Waals surface area (Å²) in [5.74, 6) is 1.30. The van der Waals surface area contributed by atoms with Crippen LogP contribution < -0.4 is 14.8 Å². The minimum atomic E-state index is -0.195. The van der Waals surface area contributed by atoms with Crippen molar-refractivity contribution in [2.45, 2.75) is 6.10 Å². The second kappa shape index (κ2) is 7.31. The summed E-state index contributed by atoms with van der Waals surface area (Å²) >= 11 is 0. The van der Waals surface area contributed by atoms with Gasteiger partial charge in [0, 0.05) is 6.08 Å². The van der Waals surface area contributed by atoms with Crippen molar-refractivity contribution in [3.05, 3.63) is 78.4 Å². The number of para-hydroxylation sites is 2. The molecule has 1 heterocycles. The summed E-state index contributed by atoms with van der Waals surface area (Å²) in [5.41, 5.74) is 1.02. The Morgan fingerprint density at radius 2 is 1.77 bits per heavy atom.